The molecule has 0 amide bonds. The van der Waals surface area contributed by atoms with Gasteiger partial charge in [-0.15, -0.1) is 0 Å². The second-order valence-electron chi connectivity index (χ2n) is 3.21. The molecule has 0 aliphatic heterocycles. The molecule has 1 rings (SSSR count). The summed E-state index contributed by atoms with van der Waals surface area (Å²) in [5.41, 5.74) is 1.24. The van der Waals surface area contributed by atoms with Gasteiger partial charge in [-0.25, -0.2) is 0 Å². The molecule has 2 nitrogen and oxygen atoms in total. The van der Waals surface area contributed by atoms with Crippen LogP contribution in [-0.2, 0) is 4.74 Å². The van der Waals surface area contributed by atoms with Crippen LogP contribution in [0.1, 0.15) is 12.5 Å². The summed E-state index contributed by atoms with van der Waals surface area (Å²) in [5.74, 6) is 0. The molecular formula is C13H19NO. The third-order valence-corrected chi connectivity index (χ3v) is 2.00. The lowest BCUT2D eigenvalue weighted by atomic mass is 10.2. The van der Waals surface area contributed by atoms with E-state index in [0.29, 0.717) is 0 Å². The summed E-state index contributed by atoms with van der Waals surface area (Å²) in [4.78, 5) is 0. The van der Waals surface area contributed by atoms with Gasteiger partial charge in [-0.1, -0.05) is 42.5 Å². The van der Waals surface area contributed by atoms with Crippen LogP contribution in [0.3, 0.4) is 0 Å². The molecule has 1 N–H and O–H groups in total. The molecular weight excluding hydrogens is 186 g/mol. The lowest BCUT2D eigenvalue weighted by Gasteiger charge is -2.01. The molecule has 1 aromatic rings. The topological polar surface area (TPSA) is 21.3 Å². The summed E-state index contributed by atoms with van der Waals surface area (Å²) >= 11 is 0. The number of hydrogen-bond donors (Lipinski definition) is 1. The van der Waals surface area contributed by atoms with E-state index < -0.39 is 0 Å². The van der Waals surface area contributed by atoms with Crippen LogP contribution >= 0.6 is 0 Å². The zero-order valence-electron chi connectivity index (χ0n) is 9.28. The Balaban J connectivity index is 2.07. The SMILES string of the molecule is CCOCCNCC=Cc1ccccc1. The van der Waals surface area contributed by atoms with Gasteiger partial charge in [0.25, 0.3) is 0 Å². The van der Waals surface area contributed by atoms with E-state index in [1.807, 2.05) is 25.1 Å². The fourth-order valence-electron chi connectivity index (χ4n) is 1.23. The lowest BCUT2D eigenvalue weighted by Crippen LogP contribution is -2.19. The first-order valence-electron chi connectivity index (χ1n) is 5.43. The smallest absolute Gasteiger partial charge is 0.0590 e. The van der Waals surface area contributed by atoms with Crippen molar-refractivity contribution in [2.45, 2.75) is 6.92 Å². The van der Waals surface area contributed by atoms with Gasteiger partial charge in [0.2, 0.25) is 0 Å². The summed E-state index contributed by atoms with van der Waals surface area (Å²) in [7, 11) is 0. The van der Waals surface area contributed by atoms with E-state index in [9.17, 15) is 0 Å². The van der Waals surface area contributed by atoms with Crippen molar-refractivity contribution in [3.8, 4) is 0 Å². The summed E-state index contributed by atoms with van der Waals surface area (Å²) in [6, 6.07) is 10.3. The van der Waals surface area contributed by atoms with E-state index in [1.54, 1.807) is 0 Å². The third kappa shape index (κ3) is 6.05. The first kappa shape index (κ1) is 12.0. The lowest BCUT2D eigenvalue weighted by molar-refractivity contribution is 0.150. The Morgan fingerprint density at radius 2 is 2.07 bits per heavy atom. The molecule has 0 heterocycles. The number of rotatable bonds is 7. The number of hydrogen-bond acceptors (Lipinski definition) is 2. The van der Waals surface area contributed by atoms with Crippen LogP contribution in [0.5, 0.6) is 0 Å². The summed E-state index contributed by atoms with van der Waals surface area (Å²) in [5, 5.41) is 3.28. The maximum Gasteiger partial charge on any atom is 0.0590 e. The van der Waals surface area contributed by atoms with Crippen molar-refractivity contribution in [1.29, 1.82) is 0 Å². The zero-order chi connectivity index (χ0) is 10.8. The van der Waals surface area contributed by atoms with Gasteiger partial charge in [-0.2, -0.15) is 0 Å². The molecule has 0 aromatic heterocycles. The van der Waals surface area contributed by atoms with Gasteiger partial charge in [-0.3, -0.25) is 0 Å². The number of nitrogens with one attached hydrogen (secondary N) is 1. The Kier molecular flexibility index (Phi) is 6.54. The quantitative estimate of drug-likeness (QED) is 0.690. The summed E-state index contributed by atoms with van der Waals surface area (Å²) < 4.78 is 5.21. The van der Waals surface area contributed by atoms with Crippen LogP contribution in [0.2, 0.25) is 0 Å². The third-order valence-electron chi connectivity index (χ3n) is 2.00. The van der Waals surface area contributed by atoms with Crippen LogP contribution < -0.4 is 5.32 Å². The fraction of sp³-hybridized carbons (Fsp3) is 0.385. The normalized spacial score (nSPS) is 11.0. The van der Waals surface area contributed by atoms with Crippen molar-refractivity contribution in [3.05, 3.63) is 42.0 Å². The molecule has 0 saturated heterocycles. The van der Waals surface area contributed by atoms with Crippen LogP contribution in [0, 0.1) is 0 Å². The average Bonchev–Trinajstić information content (AvgIpc) is 2.29. The fourth-order valence-corrected chi connectivity index (χ4v) is 1.23. The molecule has 82 valence electrons. The molecule has 15 heavy (non-hydrogen) atoms. The number of ether oxygens (including phenoxy) is 1. The molecule has 2 heteroatoms. The highest BCUT2D eigenvalue weighted by atomic mass is 16.5. The van der Waals surface area contributed by atoms with Gasteiger partial charge in [0.1, 0.15) is 0 Å². The van der Waals surface area contributed by atoms with Crippen molar-refractivity contribution in [3.63, 3.8) is 0 Å². The minimum Gasteiger partial charge on any atom is -0.380 e. The van der Waals surface area contributed by atoms with E-state index in [4.69, 9.17) is 4.74 Å². The molecule has 0 unspecified atom stereocenters. The molecule has 0 spiro atoms. The first-order valence-corrected chi connectivity index (χ1v) is 5.43. The highest BCUT2D eigenvalue weighted by Gasteiger charge is 1.84. The molecule has 0 aliphatic carbocycles. The Labute approximate surface area is 92.0 Å². The molecule has 0 radical (unpaired) electrons. The van der Waals surface area contributed by atoms with Gasteiger partial charge >= 0.3 is 0 Å². The van der Waals surface area contributed by atoms with E-state index in [1.165, 1.54) is 5.56 Å². The second kappa shape index (κ2) is 8.21. The number of benzene rings is 1. The second-order valence-corrected chi connectivity index (χ2v) is 3.21. The zero-order valence-corrected chi connectivity index (χ0v) is 9.28. The van der Waals surface area contributed by atoms with Crippen molar-refractivity contribution in [2.75, 3.05) is 26.3 Å². The van der Waals surface area contributed by atoms with Gasteiger partial charge in [0.15, 0.2) is 0 Å². The Hall–Kier alpha value is -1.12. The summed E-state index contributed by atoms with van der Waals surface area (Å²) in [6.45, 7) is 5.39. The monoisotopic (exact) mass is 205 g/mol. The van der Waals surface area contributed by atoms with Crippen molar-refractivity contribution < 1.29 is 4.74 Å². The molecule has 0 fully saturated rings. The van der Waals surface area contributed by atoms with Gasteiger partial charge in [0.05, 0.1) is 6.61 Å². The minimum absolute atomic E-state index is 0.787. The molecule has 0 bridgehead atoms. The van der Waals surface area contributed by atoms with Crippen molar-refractivity contribution in [1.82, 2.24) is 5.32 Å². The van der Waals surface area contributed by atoms with Crippen molar-refractivity contribution >= 4 is 6.08 Å². The standard InChI is InChI=1S/C13H19NO/c1-2-15-12-11-14-10-6-9-13-7-4-3-5-8-13/h3-9,14H,2,10-12H2,1H3. The Morgan fingerprint density at radius 1 is 1.27 bits per heavy atom. The van der Waals surface area contributed by atoms with Gasteiger partial charge in [0, 0.05) is 19.7 Å². The molecule has 0 aliphatic rings. The highest BCUT2D eigenvalue weighted by Crippen LogP contribution is 1.99. The average molecular weight is 205 g/mol. The van der Waals surface area contributed by atoms with E-state index >= 15 is 0 Å². The molecule has 1 aromatic carbocycles. The molecule has 0 saturated carbocycles. The van der Waals surface area contributed by atoms with Crippen molar-refractivity contribution in [2.24, 2.45) is 0 Å². The largest absolute Gasteiger partial charge is 0.380 e. The van der Waals surface area contributed by atoms with E-state index in [0.717, 1.165) is 26.3 Å². The predicted molar refractivity (Wildman–Crippen MR) is 64.8 cm³/mol. The van der Waals surface area contributed by atoms with Crippen LogP contribution in [0.4, 0.5) is 0 Å². The maximum absolute atomic E-state index is 5.21. The van der Waals surface area contributed by atoms with E-state index in [-0.39, 0.29) is 0 Å². The van der Waals surface area contributed by atoms with Crippen LogP contribution in [0.25, 0.3) is 6.08 Å². The highest BCUT2D eigenvalue weighted by molar-refractivity contribution is 5.48. The first-order chi connectivity index (χ1) is 7.43. The maximum atomic E-state index is 5.21. The predicted octanol–water partition coefficient (Wildman–Crippen LogP) is 2.33. The Bertz CT molecular complexity index is 269. The minimum atomic E-state index is 0.787. The Morgan fingerprint density at radius 3 is 2.80 bits per heavy atom. The van der Waals surface area contributed by atoms with E-state index in [2.05, 4.69) is 29.6 Å². The van der Waals surface area contributed by atoms with Gasteiger partial charge in [-0.05, 0) is 12.5 Å². The van der Waals surface area contributed by atoms with Crippen LogP contribution in [0.15, 0.2) is 36.4 Å². The van der Waals surface area contributed by atoms with Gasteiger partial charge < -0.3 is 10.1 Å². The molecule has 0 atom stereocenters. The summed E-state index contributed by atoms with van der Waals surface area (Å²) in [6.07, 6.45) is 4.24. The van der Waals surface area contributed by atoms with Crippen LogP contribution in [-0.4, -0.2) is 26.3 Å².